The van der Waals surface area contributed by atoms with Crippen molar-refractivity contribution in [1.82, 2.24) is 4.98 Å². The molecule has 2 aromatic rings. The summed E-state index contributed by atoms with van der Waals surface area (Å²) in [6.07, 6.45) is 3.64. The van der Waals surface area contributed by atoms with Gasteiger partial charge in [-0.25, -0.2) is 4.98 Å². The van der Waals surface area contributed by atoms with E-state index in [1.165, 1.54) is 4.90 Å². The highest BCUT2D eigenvalue weighted by atomic mass is 32.2. The highest BCUT2D eigenvalue weighted by Crippen LogP contribution is 2.23. The molecule has 0 bridgehead atoms. The zero-order valence-corrected chi connectivity index (χ0v) is 10.2. The molecule has 2 rings (SSSR count). The fraction of sp³-hybridized carbons (Fsp3) is 0.0769. The number of anilines is 2. The molecule has 1 N–H and O–H groups in total. The van der Waals surface area contributed by atoms with Crippen LogP contribution in [0.3, 0.4) is 0 Å². The van der Waals surface area contributed by atoms with E-state index >= 15 is 0 Å². The Kier molecular flexibility index (Phi) is 3.63. The lowest BCUT2D eigenvalue weighted by atomic mass is 10.2. The normalized spacial score (nSPS) is 9.65. The Morgan fingerprint density at radius 1 is 1.29 bits per heavy atom. The summed E-state index contributed by atoms with van der Waals surface area (Å²) in [5, 5.41) is 12.1. The van der Waals surface area contributed by atoms with Crippen molar-refractivity contribution in [2.24, 2.45) is 0 Å². The number of thioether (sulfide) groups is 1. The predicted molar refractivity (Wildman–Crippen MR) is 70.5 cm³/mol. The first-order chi connectivity index (χ1) is 8.33. The number of hydrogen-bond donors (Lipinski definition) is 1. The van der Waals surface area contributed by atoms with Gasteiger partial charge in [-0.05, 0) is 36.6 Å². The van der Waals surface area contributed by atoms with Crippen LogP contribution in [0.4, 0.5) is 11.4 Å². The molecule has 0 atom stereocenters. The molecule has 1 aromatic heterocycles. The first-order valence-corrected chi connectivity index (χ1v) is 6.32. The monoisotopic (exact) mass is 241 g/mol. The third-order valence-electron chi connectivity index (χ3n) is 2.26. The Morgan fingerprint density at radius 3 is 2.94 bits per heavy atom. The van der Waals surface area contributed by atoms with Crippen LogP contribution in [0, 0.1) is 11.3 Å². The summed E-state index contributed by atoms with van der Waals surface area (Å²) in [6.45, 7) is 0. The third kappa shape index (κ3) is 2.77. The number of hydrogen-bond acceptors (Lipinski definition) is 4. The third-order valence-corrected chi connectivity index (χ3v) is 2.99. The quantitative estimate of drug-likeness (QED) is 0.836. The molecule has 0 saturated carbocycles. The van der Waals surface area contributed by atoms with Gasteiger partial charge in [0.05, 0.1) is 5.69 Å². The number of rotatable bonds is 3. The molecule has 0 aliphatic carbocycles. The first-order valence-electron chi connectivity index (χ1n) is 5.09. The molecule has 84 valence electrons. The van der Waals surface area contributed by atoms with Crippen molar-refractivity contribution in [3.8, 4) is 6.07 Å². The van der Waals surface area contributed by atoms with Gasteiger partial charge in [-0.3, -0.25) is 0 Å². The number of pyridine rings is 1. The van der Waals surface area contributed by atoms with Gasteiger partial charge in [0.25, 0.3) is 0 Å². The van der Waals surface area contributed by atoms with Crippen molar-refractivity contribution < 1.29 is 0 Å². The average Bonchev–Trinajstić information content (AvgIpc) is 2.39. The minimum absolute atomic E-state index is 0.405. The number of nitriles is 1. The second-order valence-electron chi connectivity index (χ2n) is 3.37. The van der Waals surface area contributed by atoms with Crippen LogP contribution in [0.5, 0.6) is 0 Å². The predicted octanol–water partition coefficient (Wildman–Crippen LogP) is 3.42. The van der Waals surface area contributed by atoms with Crippen LogP contribution < -0.4 is 5.32 Å². The number of nitrogens with zero attached hydrogens (tertiary/aromatic N) is 2. The summed E-state index contributed by atoms with van der Waals surface area (Å²) in [4.78, 5) is 5.19. The Hall–Kier alpha value is -1.99. The van der Waals surface area contributed by atoms with Gasteiger partial charge >= 0.3 is 0 Å². The molecule has 0 aliphatic rings. The summed E-state index contributed by atoms with van der Waals surface area (Å²) in [5.74, 6) is 0. The average molecular weight is 241 g/mol. The van der Waals surface area contributed by atoms with Gasteiger partial charge in [-0.1, -0.05) is 6.07 Å². The second kappa shape index (κ2) is 5.37. The van der Waals surface area contributed by atoms with E-state index in [9.17, 15) is 0 Å². The molecule has 0 radical (unpaired) electrons. The molecular weight excluding hydrogens is 230 g/mol. The zero-order valence-electron chi connectivity index (χ0n) is 9.34. The Bertz CT molecular complexity index is 561. The van der Waals surface area contributed by atoms with Crippen molar-refractivity contribution in [2.45, 2.75) is 4.90 Å². The Morgan fingerprint density at radius 2 is 2.18 bits per heavy atom. The molecule has 17 heavy (non-hydrogen) atoms. The lowest BCUT2D eigenvalue weighted by Gasteiger charge is -2.08. The van der Waals surface area contributed by atoms with Gasteiger partial charge in [-0.2, -0.15) is 5.26 Å². The topological polar surface area (TPSA) is 48.7 Å². The van der Waals surface area contributed by atoms with Gasteiger partial charge < -0.3 is 5.32 Å². The molecule has 0 fully saturated rings. The van der Waals surface area contributed by atoms with Crippen molar-refractivity contribution in [2.75, 3.05) is 11.6 Å². The van der Waals surface area contributed by atoms with Gasteiger partial charge in [0.1, 0.15) is 6.07 Å². The molecule has 0 unspecified atom stereocenters. The van der Waals surface area contributed by atoms with Crippen molar-refractivity contribution in [3.05, 3.63) is 48.3 Å². The van der Waals surface area contributed by atoms with Crippen LogP contribution in [-0.4, -0.2) is 11.2 Å². The maximum atomic E-state index is 8.94. The van der Waals surface area contributed by atoms with Crippen LogP contribution in [0.15, 0.2) is 47.5 Å². The zero-order chi connectivity index (χ0) is 12.1. The standard InChI is InChI=1S/C13H11N3S/c1-17-11-5-2-4-10(8-11)16-12-6-3-7-15-13(12)9-14/h2-8,16H,1H3. The van der Waals surface area contributed by atoms with Crippen molar-refractivity contribution in [3.63, 3.8) is 0 Å². The lowest BCUT2D eigenvalue weighted by Crippen LogP contribution is -1.95. The van der Waals surface area contributed by atoms with Crippen LogP contribution in [0.1, 0.15) is 5.69 Å². The summed E-state index contributed by atoms with van der Waals surface area (Å²) in [5.41, 5.74) is 2.09. The van der Waals surface area contributed by atoms with E-state index in [1.54, 1.807) is 18.0 Å². The molecule has 0 saturated heterocycles. The SMILES string of the molecule is CSc1cccc(Nc2cccnc2C#N)c1. The second-order valence-corrected chi connectivity index (χ2v) is 4.25. The fourth-order valence-corrected chi connectivity index (χ4v) is 1.91. The summed E-state index contributed by atoms with van der Waals surface area (Å²) in [7, 11) is 0. The summed E-state index contributed by atoms with van der Waals surface area (Å²) < 4.78 is 0. The van der Waals surface area contributed by atoms with E-state index in [4.69, 9.17) is 5.26 Å². The van der Waals surface area contributed by atoms with E-state index in [1.807, 2.05) is 42.7 Å². The van der Waals surface area contributed by atoms with Gasteiger partial charge in [0.15, 0.2) is 5.69 Å². The van der Waals surface area contributed by atoms with Crippen molar-refractivity contribution in [1.29, 1.82) is 5.26 Å². The van der Waals surface area contributed by atoms with E-state index in [-0.39, 0.29) is 0 Å². The molecular formula is C13H11N3S. The number of aromatic nitrogens is 1. The smallest absolute Gasteiger partial charge is 0.163 e. The van der Waals surface area contributed by atoms with E-state index in [0.29, 0.717) is 5.69 Å². The molecule has 0 amide bonds. The molecule has 0 aliphatic heterocycles. The number of nitrogens with one attached hydrogen (secondary N) is 1. The highest BCUT2D eigenvalue weighted by Gasteiger charge is 2.02. The van der Waals surface area contributed by atoms with Gasteiger partial charge in [0, 0.05) is 16.8 Å². The minimum atomic E-state index is 0.405. The fourth-order valence-electron chi connectivity index (χ4n) is 1.45. The summed E-state index contributed by atoms with van der Waals surface area (Å²) in [6, 6.07) is 13.8. The number of benzene rings is 1. The van der Waals surface area contributed by atoms with Crippen LogP contribution in [0.2, 0.25) is 0 Å². The molecule has 1 aromatic carbocycles. The summed E-state index contributed by atoms with van der Waals surface area (Å²) >= 11 is 1.68. The molecule has 4 heteroatoms. The van der Waals surface area contributed by atoms with Gasteiger partial charge in [-0.15, -0.1) is 11.8 Å². The largest absolute Gasteiger partial charge is 0.353 e. The van der Waals surface area contributed by atoms with Crippen LogP contribution in [0.25, 0.3) is 0 Å². The van der Waals surface area contributed by atoms with Gasteiger partial charge in [0.2, 0.25) is 0 Å². The van der Waals surface area contributed by atoms with Crippen LogP contribution >= 0.6 is 11.8 Å². The van der Waals surface area contributed by atoms with Crippen molar-refractivity contribution >= 4 is 23.1 Å². The maximum absolute atomic E-state index is 8.94. The van der Waals surface area contributed by atoms with E-state index < -0.39 is 0 Å². The Balaban J connectivity index is 2.28. The first kappa shape index (κ1) is 11.5. The minimum Gasteiger partial charge on any atom is -0.353 e. The molecule has 1 heterocycles. The maximum Gasteiger partial charge on any atom is 0.163 e. The lowest BCUT2D eigenvalue weighted by molar-refractivity contribution is 1.26. The highest BCUT2D eigenvalue weighted by molar-refractivity contribution is 7.98. The van der Waals surface area contributed by atoms with E-state index in [0.717, 1.165) is 11.4 Å². The Labute approximate surface area is 105 Å². The van der Waals surface area contributed by atoms with Crippen LogP contribution in [-0.2, 0) is 0 Å². The molecule has 3 nitrogen and oxygen atoms in total. The molecule has 0 spiro atoms. The van der Waals surface area contributed by atoms with E-state index in [2.05, 4.69) is 16.4 Å².